The number of nitrogens with one attached hydrogen (secondary N) is 1. The standard InChI is InChI=1S/C21H23F2N3O3/c1-13(26-9-8-14-4-2-3-5-16(14)11-26)21(28)25-17-7-6-15(20(24)27)10-18(17)29-12-19(22)23/h2-7,10,13,19H,8-9,11-12H2,1H3,(H2,24,27)(H,25,28). The van der Waals surface area contributed by atoms with Crippen LogP contribution in [0.3, 0.4) is 0 Å². The average molecular weight is 403 g/mol. The van der Waals surface area contributed by atoms with E-state index < -0.39 is 25.0 Å². The third kappa shape index (κ3) is 5.08. The van der Waals surface area contributed by atoms with Crippen LogP contribution in [0.1, 0.15) is 28.4 Å². The number of alkyl halides is 2. The minimum absolute atomic E-state index is 0.0221. The summed E-state index contributed by atoms with van der Waals surface area (Å²) in [5.74, 6) is -1.03. The molecule has 6 nitrogen and oxygen atoms in total. The summed E-state index contributed by atoms with van der Waals surface area (Å²) in [5.41, 5.74) is 8.02. The van der Waals surface area contributed by atoms with E-state index in [1.165, 1.54) is 29.3 Å². The molecule has 3 rings (SSSR count). The van der Waals surface area contributed by atoms with Crippen LogP contribution in [0.2, 0.25) is 0 Å². The Bertz CT molecular complexity index is 904. The molecular formula is C21H23F2N3O3. The molecule has 0 bridgehead atoms. The van der Waals surface area contributed by atoms with Crippen molar-refractivity contribution in [1.29, 1.82) is 0 Å². The Kier molecular flexibility index (Phi) is 6.43. The quantitative estimate of drug-likeness (QED) is 0.745. The molecule has 0 saturated carbocycles. The van der Waals surface area contributed by atoms with Gasteiger partial charge in [-0.25, -0.2) is 8.78 Å². The molecule has 1 aliphatic rings. The van der Waals surface area contributed by atoms with E-state index in [0.717, 1.165) is 13.0 Å². The molecule has 1 unspecified atom stereocenters. The second-order valence-electron chi connectivity index (χ2n) is 6.93. The predicted molar refractivity (Wildman–Crippen MR) is 105 cm³/mol. The lowest BCUT2D eigenvalue weighted by Gasteiger charge is -2.33. The summed E-state index contributed by atoms with van der Waals surface area (Å²) in [6, 6.07) is 11.8. The third-order valence-corrected chi connectivity index (χ3v) is 4.98. The van der Waals surface area contributed by atoms with E-state index in [1.54, 1.807) is 6.92 Å². The van der Waals surface area contributed by atoms with E-state index in [1.807, 2.05) is 18.2 Å². The van der Waals surface area contributed by atoms with Crippen molar-refractivity contribution in [2.75, 3.05) is 18.5 Å². The molecule has 0 saturated heterocycles. The topological polar surface area (TPSA) is 84.7 Å². The maximum absolute atomic E-state index is 12.8. The average Bonchev–Trinajstić information content (AvgIpc) is 2.71. The summed E-state index contributed by atoms with van der Waals surface area (Å²) in [6.07, 6.45) is -1.84. The highest BCUT2D eigenvalue weighted by molar-refractivity contribution is 5.98. The number of halogens is 2. The number of primary amides is 1. The summed E-state index contributed by atoms with van der Waals surface area (Å²) in [7, 11) is 0. The van der Waals surface area contributed by atoms with Crippen LogP contribution in [0.15, 0.2) is 42.5 Å². The Morgan fingerprint density at radius 2 is 1.93 bits per heavy atom. The fraction of sp³-hybridized carbons (Fsp3) is 0.333. The van der Waals surface area contributed by atoms with Crippen molar-refractivity contribution in [2.45, 2.75) is 32.4 Å². The van der Waals surface area contributed by atoms with E-state index in [4.69, 9.17) is 10.5 Å². The molecule has 1 heterocycles. The largest absolute Gasteiger partial charge is 0.485 e. The van der Waals surface area contributed by atoms with Gasteiger partial charge in [-0.2, -0.15) is 0 Å². The maximum Gasteiger partial charge on any atom is 0.272 e. The molecule has 8 heteroatoms. The molecule has 0 aliphatic carbocycles. The van der Waals surface area contributed by atoms with E-state index in [2.05, 4.69) is 16.3 Å². The summed E-state index contributed by atoms with van der Waals surface area (Å²) in [4.78, 5) is 26.2. The number of fused-ring (bicyclic) bond motifs is 1. The molecule has 0 radical (unpaired) electrons. The Balaban J connectivity index is 1.73. The molecule has 2 aromatic rings. The Labute approximate surface area is 167 Å². The van der Waals surface area contributed by atoms with Crippen molar-refractivity contribution in [3.8, 4) is 5.75 Å². The van der Waals surface area contributed by atoms with Crippen molar-refractivity contribution < 1.29 is 23.1 Å². The lowest BCUT2D eigenvalue weighted by molar-refractivity contribution is -0.121. The summed E-state index contributed by atoms with van der Waals surface area (Å²) < 4.78 is 30.2. The minimum atomic E-state index is -2.69. The van der Waals surface area contributed by atoms with Gasteiger partial charge in [-0.1, -0.05) is 24.3 Å². The van der Waals surface area contributed by atoms with Crippen LogP contribution in [0.4, 0.5) is 14.5 Å². The van der Waals surface area contributed by atoms with Gasteiger partial charge in [0.05, 0.1) is 11.7 Å². The van der Waals surface area contributed by atoms with Crippen LogP contribution >= 0.6 is 0 Å². The number of rotatable bonds is 7. The maximum atomic E-state index is 12.8. The Morgan fingerprint density at radius 1 is 1.21 bits per heavy atom. The molecule has 29 heavy (non-hydrogen) atoms. The molecule has 0 aromatic heterocycles. The summed E-state index contributed by atoms with van der Waals surface area (Å²) >= 11 is 0. The van der Waals surface area contributed by atoms with Crippen LogP contribution < -0.4 is 15.8 Å². The zero-order chi connectivity index (χ0) is 21.0. The number of nitrogens with two attached hydrogens (primary N) is 1. The second-order valence-corrected chi connectivity index (χ2v) is 6.93. The number of ether oxygens (including phenoxy) is 1. The molecular weight excluding hydrogens is 380 g/mol. The lowest BCUT2D eigenvalue weighted by Crippen LogP contribution is -2.44. The number of hydrogen-bond donors (Lipinski definition) is 2. The van der Waals surface area contributed by atoms with Crippen LogP contribution in [-0.4, -0.2) is 42.3 Å². The smallest absolute Gasteiger partial charge is 0.272 e. The monoisotopic (exact) mass is 403 g/mol. The van der Waals surface area contributed by atoms with Crippen molar-refractivity contribution in [3.05, 3.63) is 59.2 Å². The molecule has 3 N–H and O–H groups in total. The number of carbonyl (C=O) groups is 2. The molecule has 154 valence electrons. The van der Waals surface area contributed by atoms with E-state index >= 15 is 0 Å². The van der Waals surface area contributed by atoms with Gasteiger partial charge < -0.3 is 15.8 Å². The fourth-order valence-corrected chi connectivity index (χ4v) is 3.30. The van der Waals surface area contributed by atoms with Crippen molar-refractivity contribution in [1.82, 2.24) is 4.90 Å². The van der Waals surface area contributed by atoms with Crippen molar-refractivity contribution >= 4 is 17.5 Å². The molecule has 2 aromatic carbocycles. The number of amides is 2. The highest BCUT2D eigenvalue weighted by atomic mass is 19.3. The fourth-order valence-electron chi connectivity index (χ4n) is 3.30. The van der Waals surface area contributed by atoms with Crippen molar-refractivity contribution in [2.24, 2.45) is 5.73 Å². The molecule has 0 fully saturated rings. The number of hydrogen-bond acceptors (Lipinski definition) is 4. The first kappa shape index (κ1) is 20.7. The van der Waals surface area contributed by atoms with E-state index in [0.29, 0.717) is 6.54 Å². The van der Waals surface area contributed by atoms with Gasteiger partial charge in [-0.15, -0.1) is 0 Å². The first-order chi connectivity index (χ1) is 13.8. The number of carbonyl (C=O) groups excluding carboxylic acids is 2. The van der Waals surface area contributed by atoms with Gasteiger partial charge in [0, 0.05) is 18.7 Å². The van der Waals surface area contributed by atoms with E-state index in [-0.39, 0.29) is 22.9 Å². The molecule has 1 atom stereocenters. The minimum Gasteiger partial charge on any atom is -0.485 e. The second kappa shape index (κ2) is 9.00. The van der Waals surface area contributed by atoms with Gasteiger partial charge in [0.2, 0.25) is 11.8 Å². The Morgan fingerprint density at radius 3 is 2.62 bits per heavy atom. The van der Waals surface area contributed by atoms with Crippen molar-refractivity contribution in [3.63, 3.8) is 0 Å². The normalized spacial score (nSPS) is 14.9. The van der Waals surface area contributed by atoms with E-state index in [9.17, 15) is 18.4 Å². The van der Waals surface area contributed by atoms with Gasteiger partial charge in [0.1, 0.15) is 12.4 Å². The third-order valence-electron chi connectivity index (χ3n) is 4.98. The van der Waals surface area contributed by atoms with Gasteiger partial charge in [0.25, 0.3) is 6.43 Å². The predicted octanol–water partition coefficient (Wildman–Crippen LogP) is 2.81. The highest BCUT2D eigenvalue weighted by Gasteiger charge is 2.26. The highest BCUT2D eigenvalue weighted by Crippen LogP contribution is 2.27. The Hall–Kier alpha value is -3.00. The van der Waals surface area contributed by atoms with Gasteiger partial charge >= 0.3 is 0 Å². The first-order valence-electron chi connectivity index (χ1n) is 9.31. The van der Waals surface area contributed by atoms with Gasteiger partial charge in [0.15, 0.2) is 0 Å². The van der Waals surface area contributed by atoms with Crippen LogP contribution in [0.25, 0.3) is 0 Å². The number of benzene rings is 2. The SMILES string of the molecule is CC(C(=O)Nc1ccc(C(N)=O)cc1OCC(F)F)N1CCc2ccccc2C1. The molecule has 1 aliphatic heterocycles. The summed E-state index contributed by atoms with van der Waals surface area (Å²) in [5, 5.41) is 2.72. The molecule has 0 spiro atoms. The number of nitrogens with zero attached hydrogens (tertiary/aromatic N) is 1. The zero-order valence-corrected chi connectivity index (χ0v) is 16.0. The number of anilines is 1. The molecule has 2 amide bonds. The lowest BCUT2D eigenvalue weighted by atomic mass is 9.99. The van der Waals surface area contributed by atoms with Gasteiger partial charge in [-0.3, -0.25) is 14.5 Å². The zero-order valence-electron chi connectivity index (χ0n) is 16.0. The summed E-state index contributed by atoms with van der Waals surface area (Å²) in [6.45, 7) is 2.32. The van der Waals surface area contributed by atoms with Gasteiger partial charge in [-0.05, 0) is 42.7 Å². The van der Waals surface area contributed by atoms with Crippen LogP contribution in [0.5, 0.6) is 5.75 Å². The first-order valence-corrected chi connectivity index (χ1v) is 9.31. The van der Waals surface area contributed by atoms with Crippen LogP contribution in [-0.2, 0) is 17.8 Å². The van der Waals surface area contributed by atoms with Crippen LogP contribution in [0, 0.1) is 0 Å².